The van der Waals surface area contributed by atoms with Crippen LogP contribution in [0.2, 0.25) is 0 Å². The Bertz CT molecular complexity index is 969. The van der Waals surface area contributed by atoms with E-state index in [4.69, 9.17) is 0 Å². The first-order valence-corrected chi connectivity index (χ1v) is 10.3. The molecule has 1 aromatic carbocycles. The molecule has 3 unspecified atom stereocenters. The van der Waals surface area contributed by atoms with Gasteiger partial charge in [0.15, 0.2) is 5.13 Å². The molecule has 0 bridgehead atoms. The molecule has 1 aliphatic carbocycles. The molecule has 6 nitrogen and oxygen atoms in total. The average Bonchev–Trinajstić information content (AvgIpc) is 3.26. The Kier molecular flexibility index (Phi) is 5.16. The highest BCUT2D eigenvalue weighted by Crippen LogP contribution is 2.39. The molecule has 4 rings (SSSR count). The zero-order valence-electron chi connectivity index (χ0n) is 15.7. The summed E-state index contributed by atoms with van der Waals surface area (Å²) in [6, 6.07) is 2.08. The van der Waals surface area contributed by atoms with Crippen LogP contribution in [-0.2, 0) is 14.4 Å². The molecule has 1 N–H and O–H groups in total. The maximum Gasteiger partial charge on any atom is 0.249 e. The summed E-state index contributed by atoms with van der Waals surface area (Å²) in [6.07, 6.45) is 3.17. The van der Waals surface area contributed by atoms with Gasteiger partial charge in [-0.1, -0.05) is 12.8 Å². The van der Waals surface area contributed by atoms with E-state index in [1.165, 1.54) is 12.3 Å². The van der Waals surface area contributed by atoms with Crippen LogP contribution in [-0.4, -0.2) is 33.6 Å². The van der Waals surface area contributed by atoms with Gasteiger partial charge < -0.3 is 5.32 Å². The van der Waals surface area contributed by atoms with E-state index in [-0.39, 0.29) is 40.0 Å². The van der Waals surface area contributed by atoms with Crippen molar-refractivity contribution in [3.8, 4) is 11.3 Å². The first kappa shape index (κ1) is 19.6. The quantitative estimate of drug-likeness (QED) is 0.768. The summed E-state index contributed by atoms with van der Waals surface area (Å²) >= 11 is 1.05. The van der Waals surface area contributed by atoms with Crippen LogP contribution in [0.4, 0.5) is 13.9 Å². The predicted molar refractivity (Wildman–Crippen MR) is 103 cm³/mol. The number of likely N-dealkylation sites (tertiary alicyclic amines) is 1. The summed E-state index contributed by atoms with van der Waals surface area (Å²) < 4.78 is 27.3. The molecule has 2 aliphatic rings. The molecule has 152 valence electrons. The molecule has 1 aromatic heterocycles. The minimum atomic E-state index is -0.973. The number of aromatic nitrogens is 1. The fourth-order valence-electron chi connectivity index (χ4n) is 4.05. The van der Waals surface area contributed by atoms with Crippen LogP contribution in [0.25, 0.3) is 11.3 Å². The molecule has 9 heteroatoms. The Hall–Kier alpha value is -2.68. The van der Waals surface area contributed by atoms with Gasteiger partial charge >= 0.3 is 0 Å². The van der Waals surface area contributed by atoms with Crippen molar-refractivity contribution in [2.45, 2.75) is 38.6 Å². The van der Waals surface area contributed by atoms with Crippen LogP contribution in [0.1, 0.15) is 32.6 Å². The molecule has 29 heavy (non-hydrogen) atoms. The highest BCUT2D eigenvalue weighted by Gasteiger charge is 2.50. The van der Waals surface area contributed by atoms with Gasteiger partial charge in [0.1, 0.15) is 17.7 Å². The highest BCUT2D eigenvalue weighted by atomic mass is 32.1. The van der Waals surface area contributed by atoms with Crippen LogP contribution in [0.5, 0.6) is 0 Å². The maximum atomic E-state index is 13.9. The predicted octanol–water partition coefficient (Wildman–Crippen LogP) is 3.59. The zero-order chi connectivity index (χ0) is 20.7. The molecule has 1 saturated carbocycles. The van der Waals surface area contributed by atoms with Gasteiger partial charge in [-0.25, -0.2) is 13.8 Å². The van der Waals surface area contributed by atoms with Crippen molar-refractivity contribution in [3.05, 3.63) is 35.2 Å². The fourth-order valence-corrected chi connectivity index (χ4v) is 4.76. The minimum Gasteiger partial charge on any atom is -0.300 e. The number of carbonyl (C=O) groups is 3. The number of imide groups is 1. The van der Waals surface area contributed by atoms with Crippen LogP contribution in [0, 0.1) is 23.5 Å². The van der Waals surface area contributed by atoms with Crippen molar-refractivity contribution < 1.29 is 23.2 Å². The van der Waals surface area contributed by atoms with E-state index in [2.05, 4.69) is 10.3 Å². The third-order valence-electron chi connectivity index (χ3n) is 5.58. The molecule has 3 atom stereocenters. The fraction of sp³-hybridized carbons (Fsp3) is 0.400. The van der Waals surface area contributed by atoms with Crippen molar-refractivity contribution in [2.24, 2.45) is 11.8 Å². The Balaban J connectivity index is 1.48. The van der Waals surface area contributed by atoms with Gasteiger partial charge in [-0.15, -0.1) is 11.3 Å². The number of nitrogens with zero attached hydrogens (tertiary/aromatic N) is 2. The lowest BCUT2D eigenvalue weighted by atomic mass is 9.81. The second-order valence-corrected chi connectivity index (χ2v) is 8.23. The topological polar surface area (TPSA) is 79.4 Å². The first-order chi connectivity index (χ1) is 13.9. The summed E-state index contributed by atoms with van der Waals surface area (Å²) in [7, 11) is 0. The standard InChI is InChI=1S/C20H19F2N3O3S/c1-10(25-18(27)12-4-2-3-5-13(12)19(25)28)17(26)24-20-23-16(9-29-20)14-8-11(21)6-7-15(14)22/h6-10,12-13H,2-5H2,1H3,(H,23,24,26). The van der Waals surface area contributed by atoms with Crippen molar-refractivity contribution in [3.63, 3.8) is 0 Å². The number of amides is 3. The number of hydrogen-bond acceptors (Lipinski definition) is 5. The van der Waals surface area contributed by atoms with E-state index in [0.29, 0.717) is 12.8 Å². The van der Waals surface area contributed by atoms with E-state index in [1.54, 1.807) is 0 Å². The van der Waals surface area contributed by atoms with Crippen LogP contribution >= 0.6 is 11.3 Å². The van der Waals surface area contributed by atoms with Crippen molar-refractivity contribution in [1.82, 2.24) is 9.88 Å². The van der Waals surface area contributed by atoms with Crippen LogP contribution < -0.4 is 5.32 Å². The number of halogens is 2. The lowest BCUT2D eigenvalue weighted by Crippen LogP contribution is -2.46. The number of hydrogen-bond donors (Lipinski definition) is 1. The third-order valence-corrected chi connectivity index (χ3v) is 6.34. The first-order valence-electron chi connectivity index (χ1n) is 9.45. The van der Waals surface area contributed by atoms with Crippen LogP contribution in [0.3, 0.4) is 0 Å². The minimum absolute atomic E-state index is 0.0104. The molecule has 1 saturated heterocycles. The molecule has 1 aliphatic heterocycles. The summed E-state index contributed by atoms with van der Waals surface area (Å²) in [6.45, 7) is 1.50. The molecule has 2 heterocycles. The van der Waals surface area contributed by atoms with Gasteiger partial charge in [0, 0.05) is 10.9 Å². The smallest absolute Gasteiger partial charge is 0.249 e. The molecular weight excluding hydrogens is 400 g/mol. The second-order valence-electron chi connectivity index (χ2n) is 7.37. The van der Waals surface area contributed by atoms with Gasteiger partial charge in [0.2, 0.25) is 17.7 Å². The molecule has 2 aromatic rings. The maximum absolute atomic E-state index is 13.9. The zero-order valence-corrected chi connectivity index (χ0v) is 16.5. The van der Waals surface area contributed by atoms with E-state index in [9.17, 15) is 23.2 Å². The summed E-state index contributed by atoms with van der Waals surface area (Å²) in [5.74, 6) is -3.00. The Labute approximate surface area is 169 Å². The lowest BCUT2D eigenvalue weighted by molar-refractivity contribution is -0.146. The second kappa shape index (κ2) is 7.62. The van der Waals surface area contributed by atoms with E-state index in [1.807, 2.05) is 0 Å². The molecule has 2 fully saturated rings. The Morgan fingerprint density at radius 2 is 1.86 bits per heavy atom. The normalized spacial score (nSPS) is 22.5. The van der Waals surface area contributed by atoms with Gasteiger partial charge in [-0.05, 0) is 38.0 Å². The van der Waals surface area contributed by atoms with Gasteiger partial charge in [0.05, 0.1) is 17.5 Å². The Morgan fingerprint density at radius 1 is 1.21 bits per heavy atom. The SMILES string of the molecule is CC(C(=O)Nc1nc(-c2cc(F)ccc2F)cs1)N1C(=O)C2CCCCC2C1=O. The summed E-state index contributed by atoms with van der Waals surface area (Å²) in [5, 5.41) is 4.25. The highest BCUT2D eigenvalue weighted by molar-refractivity contribution is 7.14. The molecule has 0 spiro atoms. The number of anilines is 1. The molecule has 0 radical (unpaired) electrons. The number of nitrogens with one attached hydrogen (secondary N) is 1. The van der Waals surface area contributed by atoms with Crippen molar-refractivity contribution in [1.29, 1.82) is 0 Å². The Morgan fingerprint density at radius 3 is 2.52 bits per heavy atom. The van der Waals surface area contributed by atoms with Crippen LogP contribution in [0.15, 0.2) is 23.6 Å². The van der Waals surface area contributed by atoms with E-state index in [0.717, 1.165) is 47.3 Å². The number of benzene rings is 1. The van der Waals surface area contributed by atoms with Crippen molar-refractivity contribution in [2.75, 3.05) is 5.32 Å². The third kappa shape index (κ3) is 3.55. The number of carbonyl (C=O) groups excluding carboxylic acids is 3. The number of rotatable bonds is 4. The van der Waals surface area contributed by atoms with Crippen molar-refractivity contribution >= 4 is 34.2 Å². The molecular formula is C20H19F2N3O3S. The number of fused-ring (bicyclic) bond motifs is 1. The van der Waals surface area contributed by atoms with Gasteiger partial charge in [-0.2, -0.15) is 0 Å². The van der Waals surface area contributed by atoms with Gasteiger partial charge in [-0.3, -0.25) is 19.3 Å². The van der Waals surface area contributed by atoms with Gasteiger partial charge in [0.25, 0.3) is 0 Å². The average molecular weight is 419 g/mol. The van der Waals surface area contributed by atoms with E-state index >= 15 is 0 Å². The number of thiazole rings is 1. The largest absolute Gasteiger partial charge is 0.300 e. The monoisotopic (exact) mass is 419 g/mol. The molecule has 3 amide bonds. The van der Waals surface area contributed by atoms with E-state index < -0.39 is 23.6 Å². The summed E-state index contributed by atoms with van der Waals surface area (Å²) in [4.78, 5) is 43.1. The lowest BCUT2D eigenvalue weighted by Gasteiger charge is -2.21. The summed E-state index contributed by atoms with van der Waals surface area (Å²) in [5.41, 5.74) is 0.179.